The second-order valence-electron chi connectivity index (χ2n) is 5.12. The Labute approximate surface area is 115 Å². The summed E-state index contributed by atoms with van der Waals surface area (Å²) in [5, 5.41) is 5.88. The molecule has 2 nitrogen and oxygen atoms in total. The third-order valence-electron chi connectivity index (χ3n) is 3.44. The van der Waals surface area contributed by atoms with Gasteiger partial charge in [0.15, 0.2) is 0 Å². The fourth-order valence-electron chi connectivity index (χ4n) is 2.07. The third kappa shape index (κ3) is 3.71. The summed E-state index contributed by atoms with van der Waals surface area (Å²) < 4.78 is 6.06. The standard InChI is InChI=1S/C17H23NO/c1-4-13(2)18-12-14(3)19-17-11-7-9-15-8-5-6-10-16(15)17/h5-11,13-14,18H,4,12H2,1-3H3. The Hall–Kier alpha value is -1.54. The summed E-state index contributed by atoms with van der Waals surface area (Å²) in [4.78, 5) is 0. The van der Waals surface area contributed by atoms with Crippen LogP contribution < -0.4 is 10.1 Å². The highest BCUT2D eigenvalue weighted by atomic mass is 16.5. The fourth-order valence-corrected chi connectivity index (χ4v) is 2.07. The second-order valence-corrected chi connectivity index (χ2v) is 5.12. The molecule has 2 atom stereocenters. The molecule has 0 spiro atoms. The summed E-state index contributed by atoms with van der Waals surface area (Å²) in [7, 11) is 0. The van der Waals surface area contributed by atoms with Crippen LogP contribution in [0.2, 0.25) is 0 Å². The Balaban J connectivity index is 2.04. The van der Waals surface area contributed by atoms with Crippen LogP contribution >= 0.6 is 0 Å². The third-order valence-corrected chi connectivity index (χ3v) is 3.44. The van der Waals surface area contributed by atoms with Gasteiger partial charge in [-0.2, -0.15) is 0 Å². The minimum absolute atomic E-state index is 0.166. The van der Waals surface area contributed by atoms with Gasteiger partial charge in [-0.15, -0.1) is 0 Å². The van der Waals surface area contributed by atoms with Gasteiger partial charge in [0.2, 0.25) is 0 Å². The van der Waals surface area contributed by atoms with Gasteiger partial charge in [0.25, 0.3) is 0 Å². The van der Waals surface area contributed by atoms with E-state index in [1.807, 2.05) is 12.1 Å². The zero-order valence-corrected chi connectivity index (χ0v) is 12.0. The monoisotopic (exact) mass is 257 g/mol. The number of ether oxygens (including phenoxy) is 1. The number of hydrogen-bond acceptors (Lipinski definition) is 2. The Morgan fingerprint density at radius 3 is 2.58 bits per heavy atom. The zero-order chi connectivity index (χ0) is 13.7. The van der Waals surface area contributed by atoms with E-state index >= 15 is 0 Å². The lowest BCUT2D eigenvalue weighted by atomic mass is 10.1. The van der Waals surface area contributed by atoms with Crippen LogP contribution in [0.1, 0.15) is 27.2 Å². The van der Waals surface area contributed by atoms with Crippen LogP contribution in [0.3, 0.4) is 0 Å². The second kappa shape index (κ2) is 6.58. The van der Waals surface area contributed by atoms with E-state index < -0.39 is 0 Å². The van der Waals surface area contributed by atoms with Crippen LogP contribution in [0.25, 0.3) is 10.8 Å². The first-order valence-electron chi connectivity index (χ1n) is 7.08. The lowest BCUT2D eigenvalue weighted by Gasteiger charge is -2.19. The SMILES string of the molecule is CCC(C)NCC(C)Oc1cccc2ccccc12. The molecule has 0 bridgehead atoms. The molecule has 2 aromatic rings. The molecule has 0 aliphatic carbocycles. The summed E-state index contributed by atoms with van der Waals surface area (Å²) in [6, 6.07) is 15.1. The molecule has 0 saturated carbocycles. The summed E-state index contributed by atoms with van der Waals surface area (Å²) in [5.41, 5.74) is 0. The topological polar surface area (TPSA) is 21.3 Å². The Morgan fingerprint density at radius 1 is 1.05 bits per heavy atom. The van der Waals surface area contributed by atoms with Gasteiger partial charge >= 0.3 is 0 Å². The number of benzene rings is 2. The average molecular weight is 257 g/mol. The van der Waals surface area contributed by atoms with E-state index in [-0.39, 0.29) is 6.10 Å². The summed E-state index contributed by atoms with van der Waals surface area (Å²) in [6.07, 6.45) is 1.31. The molecule has 0 aromatic heterocycles. The van der Waals surface area contributed by atoms with E-state index in [0.717, 1.165) is 18.7 Å². The van der Waals surface area contributed by atoms with E-state index in [2.05, 4.69) is 56.4 Å². The van der Waals surface area contributed by atoms with Crippen molar-refractivity contribution >= 4 is 10.8 Å². The lowest BCUT2D eigenvalue weighted by Crippen LogP contribution is -2.34. The molecule has 0 amide bonds. The van der Waals surface area contributed by atoms with Crippen LogP contribution in [0, 0.1) is 0 Å². The van der Waals surface area contributed by atoms with Gasteiger partial charge in [-0.05, 0) is 31.7 Å². The molecule has 2 aromatic carbocycles. The maximum atomic E-state index is 6.06. The number of nitrogens with one attached hydrogen (secondary N) is 1. The quantitative estimate of drug-likeness (QED) is 0.844. The average Bonchev–Trinajstić information content (AvgIpc) is 2.45. The van der Waals surface area contributed by atoms with Crippen LogP contribution in [-0.4, -0.2) is 18.7 Å². The Bertz CT molecular complexity index is 518. The van der Waals surface area contributed by atoms with Gasteiger partial charge in [-0.1, -0.05) is 43.3 Å². The zero-order valence-electron chi connectivity index (χ0n) is 12.0. The fraction of sp³-hybridized carbons (Fsp3) is 0.412. The number of fused-ring (bicyclic) bond motifs is 1. The first kappa shape index (κ1) is 13.9. The van der Waals surface area contributed by atoms with Gasteiger partial charge in [0.05, 0.1) is 0 Å². The van der Waals surface area contributed by atoms with E-state index in [0.29, 0.717) is 6.04 Å². The predicted octanol–water partition coefficient (Wildman–Crippen LogP) is 4.00. The van der Waals surface area contributed by atoms with E-state index in [4.69, 9.17) is 4.74 Å². The molecule has 2 heteroatoms. The maximum Gasteiger partial charge on any atom is 0.127 e. The molecule has 0 radical (unpaired) electrons. The highest BCUT2D eigenvalue weighted by Crippen LogP contribution is 2.25. The molecule has 0 aliphatic rings. The van der Waals surface area contributed by atoms with Crippen molar-refractivity contribution < 1.29 is 4.74 Å². The Kier molecular flexibility index (Phi) is 4.80. The van der Waals surface area contributed by atoms with Crippen molar-refractivity contribution in [2.75, 3.05) is 6.54 Å². The van der Waals surface area contributed by atoms with E-state index in [1.165, 1.54) is 10.8 Å². The highest BCUT2D eigenvalue weighted by Gasteiger charge is 2.08. The molecule has 0 fully saturated rings. The maximum absolute atomic E-state index is 6.06. The van der Waals surface area contributed by atoms with Crippen molar-refractivity contribution in [1.29, 1.82) is 0 Å². The molecule has 0 aliphatic heterocycles. The number of rotatable bonds is 6. The number of hydrogen-bond donors (Lipinski definition) is 1. The first-order chi connectivity index (χ1) is 9.20. The molecule has 0 saturated heterocycles. The van der Waals surface area contributed by atoms with E-state index in [9.17, 15) is 0 Å². The lowest BCUT2D eigenvalue weighted by molar-refractivity contribution is 0.214. The molecular formula is C17H23NO. The van der Waals surface area contributed by atoms with Crippen molar-refractivity contribution in [3.05, 3.63) is 42.5 Å². The van der Waals surface area contributed by atoms with Crippen molar-refractivity contribution in [3.8, 4) is 5.75 Å². The first-order valence-corrected chi connectivity index (χ1v) is 7.08. The molecule has 2 rings (SSSR count). The minimum atomic E-state index is 0.166. The van der Waals surface area contributed by atoms with Crippen LogP contribution in [0.5, 0.6) is 5.75 Å². The minimum Gasteiger partial charge on any atom is -0.489 e. The van der Waals surface area contributed by atoms with E-state index in [1.54, 1.807) is 0 Å². The summed E-state index contributed by atoms with van der Waals surface area (Å²) >= 11 is 0. The normalized spacial score (nSPS) is 14.3. The summed E-state index contributed by atoms with van der Waals surface area (Å²) in [6.45, 7) is 7.37. The van der Waals surface area contributed by atoms with Crippen molar-refractivity contribution in [2.24, 2.45) is 0 Å². The van der Waals surface area contributed by atoms with Crippen LogP contribution in [0.4, 0.5) is 0 Å². The summed E-state index contributed by atoms with van der Waals surface area (Å²) in [5.74, 6) is 0.969. The molecule has 19 heavy (non-hydrogen) atoms. The van der Waals surface area contributed by atoms with Gasteiger partial charge in [-0.3, -0.25) is 0 Å². The van der Waals surface area contributed by atoms with Crippen molar-refractivity contribution in [3.63, 3.8) is 0 Å². The predicted molar refractivity (Wildman–Crippen MR) is 81.8 cm³/mol. The van der Waals surface area contributed by atoms with Gasteiger partial charge in [-0.25, -0.2) is 0 Å². The largest absolute Gasteiger partial charge is 0.489 e. The molecule has 2 unspecified atom stereocenters. The molecule has 1 N–H and O–H groups in total. The van der Waals surface area contributed by atoms with Crippen LogP contribution in [0.15, 0.2) is 42.5 Å². The van der Waals surface area contributed by atoms with Crippen molar-refractivity contribution in [1.82, 2.24) is 5.32 Å². The molecule has 0 heterocycles. The molecule has 102 valence electrons. The highest BCUT2D eigenvalue weighted by molar-refractivity contribution is 5.88. The van der Waals surface area contributed by atoms with Gasteiger partial charge in [0.1, 0.15) is 11.9 Å². The smallest absolute Gasteiger partial charge is 0.127 e. The Morgan fingerprint density at radius 2 is 1.79 bits per heavy atom. The molecular weight excluding hydrogens is 234 g/mol. The van der Waals surface area contributed by atoms with Gasteiger partial charge in [0, 0.05) is 18.0 Å². The van der Waals surface area contributed by atoms with Crippen molar-refractivity contribution in [2.45, 2.75) is 39.3 Å². The van der Waals surface area contributed by atoms with Gasteiger partial charge < -0.3 is 10.1 Å². The van der Waals surface area contributed by atoms with Crippen LogP contribution in [-0.2, 0) is 0 Å².